The van der Waals surface area contributed by atoms with Crippen LogP contribution in [0.3, 0.4) is 0 Å². The number of benzene rings is 6. The van der Waals surface area contributed by atoms with E-state index in [9.17, 15) is 0 Å². The SMILES string of the molecule is CC1(C)c2ccccc2-c2c(-c3nc(-c4ccccc4)nc(-c4ccc(-c5cccc6sc7ccccc7c56)cc4)n3)cccc21. The predicted octanol–water partition coefficient (Wildman–Crippen LogP) is 11.2. The molecule has 3 nitrogen and oxygen atoms in total. The van der Waals surface area contributed by atoms with Crippen LogP contribution in [-0.4, -0.2) is 15.0 Å². The van der Waals surface area contributed by atoms with Gasteiger partial charge in [-0.25, -0.2) is 15.0 Å². The Morgan fingerprint density at radius 1 is 0.435 bits per heavy atom. The summed E-state index contributed by atoms with van der Waals surface area (Å²) in [6, 6.07) is 49.4. The van der Waals surface area contributed by atoms with Crippen molar-refractivity contribution >= 4 is 31.5 Å². The summed E-state index contributed by atoms with van der Waals surface area (Å²) in [5, 5.41) is 2.61. The molecule has 1 aliphatic carbocycles. The van der Waals surface area contributed by atoms with E-state index in [2.05, 4.69) is 135 Å². The molecule has 0 radical (unpaired) electrons. The first-order valence-corrected chi connectivity index (χ1v) is 16.4. The van der Waals surface area contributed by atoms with E-state index >= 15 is 0 Å². The van der Waals surface area contributed by atoms with Crippen molar-refractivity contribution in [2.45, 2.75) is 19.3 Å². The molecule has 0 spiro atoms. The summed E-state index contributed by atoms with van der Waals surface area (Å²) in [4.78, 5) is 15.3. The maximum atomic E-state index is 5.16. The summed E-state index contributed by atoms with van der Waals surface area (Å²) in [5.74, 6) is 2.02. The second kappa shape index (κ2) is 10.3. The molecule has 2 heterocycles. The molecule has 0 fully saturated rings. The van der Waals surface area contributed by atoms with Crippen molar-refractivity contribution < 1.29 is 0 Å². The first-order chi connectivity index (χ1) is 22.6. The Kier molecular flexibility index (Phi) is 6.02. The van der Waals surface area contributed by atoms with Crippen LogP contribution < -0.4 is 0 Å². The minimum absolute atomic E-state index is 0.105. The Bertz CT molecular complexity index is 2440. The molecule has 9 rings (SSSR count). The molecule has 1 aliphatic rings. The highest BCUT2D eigenvalue weighted by Crippen LogP contribution is 2.51. The predicted molar refractivity (Wildman–Crippen MR) is 192 cm³/mol. The Hall–Kier alpha value is -5.45. The van der Waals surface area contributed by atoms with Crippen molar-refractivity contribution in [2.24, 2.45) is 0 Å². The normalized spacial score (nSPS) is 13.2. The van der Waals surface area contributed by atoms with Crippen LogP contribution in [0.5, 0.6) is 0 Å². The van der Waals surface area contributed by atoms with Crippen LogP contribution in [-0.2, 0) is 5.41 Å². The van der Waals surface area contributed by atoms with Crippen molar-refractivity contribution in [2.75, 3.05) is 0 Å². The average Bonchev–Trinajstić information content (AvgIpc) is 3.61. The topological polar surface area (TPSA) is 38.7 Å². The first-order valence-electron chi connectivity index (χ1n) is 15.6. The van der Waals surface area contributed by atoms with Gasteiger partial charge in [0.2, 0.25) is 0 Å². The number of rotatable bonds is 4. The molecule has 0 saturated heterocycles. The fraction of sp³-hybridized carbons (Fsp3) is 0.0714. The lowest BCUT2D eigenvalue weighted by Crippen LogP contribution is -2.14. The van der Waals surface area contributed by atoms with Gasteiger partial charge >= 0.3 is 0 Å². The third kappa shape index (κ3) is 4.14. The lowest BCUT2D eigenvalue weighted by Gasteiger charge is -2.21. The monoisotopic (exact) mass is 607 g/mol. The van der Waals surface area contributed by atoms with Crippen LogP contribution in [0.1, 0.15) is 25.0 Å². The van der Waals surface area contributed by atoms with Crippen LogP contribution >= 0.6 is 11.3 Å². The summed E-state index contributed by atoms with van der Waals surface area (Å²) < 4.78 is 2.61. The molecule has 0 atom stereocenters. The molecule has 0 bridgehead atoms. The number of fused-ring (bicyclic) bond motifs is 6. The van der Waals surface area contributed by atoms with Crippen molar-refractivity contribution in [1.29, 1.82) is 0 Å². The zero-order valence-electron chi connectivity index (χ0n) is 25.5. The molecular formula is C42H29N3S. The fourth-order valence-corrected chi connectivity index (χ4v) is 8.23. The van der Waals surface area contributed by atoms with Crippen LogP contribution in [0.4, 0.5) is 0 Å². The number of nitrogens with zero attached hydrogens (tertiary/aromatic N) is 3. The summed E-state index contributed by atoms with van der Waals surface area (Å²) in [5.41, 5.74) is 10.4. The molecule has 0 aliphatic heterocycles. The van der Waals surface area contributed by atoms with E-state index < -0.39 is 0 Å². The van der Waals surface area contributed by atoms with Gasteiger partial charge in [-0.1, -0.05) is 141 Å². The van der Waals surface area contributed by atoms with E-state index in [0.717, 1.165) is 16.7 Å². The Morgan fingerprint density at radius 2 is 1.00 bits per heavy atom. The summed E-state index contributed by atoms with van der Waals surface area (Å²) in [6.45, 7) is 4.60. The Morgan fingerprint density at radius 3 is 1.83 bits per heavy atom. The van der Waals surface area contributed by atoms with Gasteiger partial charge in [-0.05, 0) is 45.5 Å². The molecule has 46 heavy (non-hydrogen) atoms. The lowest BCUT2D eigenvalue weighted by molar-refractivity contribution is 0.660. The van der Waals surface area contributed by atoms with E-state index in [1.807, 2.05) is 29.5 Å². The van der Waals surface area contributed by atoms with Crippen LogP contribution in [0.25, 0.3) is 76.6 Å². The molecule has 0 N–H and O–H groups in total. The summed E-state index contributed by atoms with van der Waals surface area (Å²) in [6.07, 6.45) is 0. The second-order valence-corrected chi connectivity index (χ2v) is 13.5. The lowest BCUT2D eigenvalue weighted by atomic mass is 9.82. The van der Waals surface area contributed by atoms with E-state index in [1.165, 1.54) is 53.6 Å². The average molecular weight is 608 g/mol. The van der Waals surface area contributed by atoms with Gasteiger partial charge in [0.05, 0.1) is 0 Å². The second-order valence-electron chi connectivity index (χ2n) is 12.4. The van der Waals surface area contributed by atoms with E-state index in [-0.39, 0.29) is 5.41 Å². The molecule has 6 aromatic carbocycles. The Balaban J connectivity index is 1.21. The highest BCUT2D eigenvalue weighted by Gasteiger charge is 2.37. The summed E-state index contributed by atoms with van der Waals surface area (Å²) in [7, 11) is 0. The zero-order chi connectivity index (χ0) is 30.8. The molecule has 8 aromatic rings. The van der Waals surface area contributed by atoms with E-state index in [0.29, 0.717) is 17.5 Å². The van der Waals surface area contributed by atoms with Gasteiger partial charge in [-0.15, -0.1) is 11.3 Å². The number of hydrogen-bond acceptors (Lipinski definition) is 4. The number of hydrogen-bond donors (Lipinski definition) is 0. The highest BCUT2D eigenvalue weighted by molar-refractivity contribution is 7.25. The summed E-state index contributed by atoms with van der Waals surface area (Å²) >= 11 is 1.85. The molecule has 0 saturated carbocycles. The number of aromatic nitrogens is 3. The van der Waals surface area contributed by atoms with Gasteiger partial charge in [0, 0.05) is 42.3 Å². The molecular weight excluding hydrogens is 579 g/mol. The van der Waals surface area contributed by atoms with Crippen LogP contribution in [0, 0.1) is 0 Å². The first kappa shape index (κ1) is 26.9. The highest BCUT2D eigenvalue weighted by atomic mass is 32.1. The van der Waals surface area contributed by atoms with Gasteiger partial charge in [0.15, 0.2) is 17.5 Å². The van der Waals surface area contributed by atoms with Gasteiger partial charge in [0.1, 0.15) is 0 Å². The quantitative estimate of drug-likeness (QED) is 0.200. The largest absolute Gasteiger partial charge is 0.208 e. The maximum Gasteiger partial charge on any atom is 0.164 e. The van der Waals surface area contributed by atoms with Crippen molar-refractivity contribution in [3.05, 3.63) is 151 Å². The minimum atomic E-state index is -0.105. The van der Waals surface area contributed by atoms with Crippen molar-refractivity contribution in [1.82, 2.24) is 15.0 Å². The molecule has 2 aromatic heterocycles. The standard InChI is InChI=1S/C42H29N3S/c1-42(2)33-18-8-6-14-30(33)37-32(17-10-19-34(37)42)41-44-39(27-12-4-3-5-13-27)43-40(45-41)28-24-22-26(23-25-28)29-16-11-21-36-38(29)31-15-7-9-20-35(31)46-36/h3-25H,1-2H3. The fourth-order valence-electron chi connectivity index (χ4n) is 7.10. The van der Waals surface area contributed by atoms with E-state index in [4.69, 9.17) is 15.0 Å². The van der Waals surface area contributed by atoms with Crippen LogP contribution in [0.15, 0.2) is 140 Å². The molecule has 4 heteroatoms. The number of thiophene rings is 1. The van der Waals surface area contributed by atoms with Crippen molar-refractivity contribution in [3.8, 4) is 56.4 Å². The van der Waals surface area contributed by atoms with Gasteiger partial charge in [0.25, 0.3) is 0 Å². The molecule has 0 amide bonds. The van der Waals surface area contributed by atoms with Gasteiger partial charge in [-0.2, -0.15) is 0 Å². The Labute approximate surface area is 271 Å². The van der Waals surface area contributed by atoms with Crippen molar-refractivity contribution in [3.63, 3.8) is 0 Å². The molecule has 218 valence electrons. The van der Waals surface area contributed by atoms with Gasteiger partial charge in [-0.3, -0.25) is 0 Å². The van der Waals surface area contributed by atoms with Gasteiger partial charge < -0.3 is 0 Å². The smallest absolute Gasteiger partial charge is 0.164 e. The van der Waals surface area contributed by atoms with E-state index in [1.54, 1.807) is 0 Å². The zero-order valence-corrected chi connectivity index (χ0v) is 26.3. The third-order valence-electron chi connectivity index (χ3n) is 9.37. The third-order valence-corrected chi connectivity index (χ3v) is 10.5. The molecule has 0 unspecified atom stereocenters. The van der Waals surface area contributed by atoms with Crippen LogP contribution in [0.2, 0.25) is 0 Å². The maximum absolute atomic E-state index is 5.16. The minimum Gasteiger partial charge on any atom is -0.208 e.